The van der Waals surface area contributed by atoms with E-state index >= 15 is 0 Å². The van der Waals surface area contributed by atoms with E-state index < -0.39 is 22.0 Å². The number of aliphatic hydroxyl groups excluding tert-OH is 1. The number of carbonyl (C=O) groups excluding carboxylic acids is 1. The lowest BCUT2D eigenvalue weighted by molar-refractivity contribution is -0.129. The molecule has 0 bridgehead atoms. The standard InChI is InChI=1S/C14H21N3O4S/c1-16(2)22(20,21)10-12-8-17(9-13(12)18)14(19)6-11-4-3-5-15-7-11/h3-5,7,12-13,18H,6,8-10H2,1-2H3/t12-,13-/m0/s1. The third-order valence-electron chi connectivity index (χ3n) is 3.82. The molecule has 0 unspecified atom stereocenters. The molecule has 1 aliphatic heterocycles. The zero-order valence-electron chi connectivity index (χ0n) is 12.7. The van der Waals surface area contributed by atoms with Crippen LogP contribution >= 0.6 is 0 Å². The van der Waals surface area contributed by atoms with Gasteiger partial charge >= 0.3 is 0 Å². The Balaban J connectivity index is 1.97. The first-order valence-electron chi connectivity index (χ1n) is 7.04. The minimum absolute atomic E-state index is 0.128. The zero-order valence-corrected chi connectivity index (χ0v) is 13.5. The SMILES string of the molecule is CN(C)S(=O)(=O)C[C@@H]1CN(C(=O)Cc2cccnc2)C[C@@H]1O. The predicted molar refractivity (Wildman–Crippen MR) is 81.5 cm³/mol. The highest BCUT2D eigenvalue weighted by Gasteiger charge is 2.37. The summed E-state index contributed by atoms with van der Waals surface area (Å²) in [7, 11) is -0.477. The third-order valence-corrected chi connectivity index (χ3v) is 5.78. The van der Waals surface area contributed by atoms with Crippen LogP contribution in [0.4, 0.5) is 0 Å². The number of nitrogens with zero attached hydrogens (tertiary/aromatic N) is 3. The first kappa shape index (κ1) is 16.9. The molecule has 22 heavy (non-hydrogen) atoms. The van der Waals surface area contributed by atoms with E-state index in [1.807, 2.05) is 6.07 Å². The van der Waals surface area contributed by atoms with Crippen LogP contribution in [0.1, 0.15) is 5.56 Å². The Labute approximate surface area is 130 Å². The number of amides is 1. The Kier molecular flexibility index (Phi) is 5.15. The maximum atomic E-state index is 12.2. The number of carbonyl (C=O) groups is 1. The van der Waals surface area contributed by atoms with E-state index in [0.717, 1.165) is 9.87 Å². The highest BCUT2D eigenvalue weighted by atomic mass is 32.2. The summed E-state index contributed by atoms with van der Waals surface area (Å²) in [4.78, 5) is 17.7. The minimum Gasteiger partial charge on any atom is -0.391 e. The van der Waals surface area contributed by atoms with E-state index in [2.05, 4.69) is 4.98 Å². The van der Waals surface area contributed by atoms with Crippen LogP contribution in [0.3, 0.4) is 0 Å². The molecule has 0 radical (unpaired) electrons. The van der Waals surface area contributed by atoms with E-state index in [-0.39, 0.29) is 31.2 Å². The van der Waals surface area contributed by atoms with Crippen molar-refractivity contribution in [1.29, 1.82) is 0 Å². The van der Waals surface area contributed by atoms with Crippen molar-refractivity contribution in [1.82, 2.24) is 14.2 Å². The third kappa shape index (κ3) is 4.02. The molecule has 0 aromatic carbocycles. The molecule has 8 heteroatoms. The van der Waals surface area contributed by atoms with Crippen LogP contribution in [-0.2, 0) is 21.2 Å². The number of β-amino-alcohol motifs (C(OH)–C–C–N with tert-alkyl or cyclic N) is 1. The van der Waals surface area contributed by atoms with Gasteiger partial charge in [0.2, 0.25) is 15.9 Å². The molecule has 1 N–H and O–H groups in total. The summed E-state index contributed by atoms with van der Waals surface area (Å²) in [5, 5.41) is 10.0. The molecule has 122 valence electrons. The number of likely N-dealkylation sites (tertiary alicyclic amines) is 1. The summed E-state index contributed by atoms with van der Waals surface area (Å²) in [6.45, 7) is 0.431. The maximum absolute atomic E-state index is 12.2. The van der Waals surface area contributed by atoms with Gasteiger partial charge in [-0.2, -0.15) is 0 Å². The fourth-order valence-electron chi connectivity index (χ4n) is 2.43. The lowest BCUT2D eigenvalue weighted by Gasteiger charge is -2.18. The van der Waals surface area contributed by atoms with Crippen molar-refractivity contribution >= 4 is 15.9 Å². The van der Waals surface area contributed by atoms with Gasteiger partial charge in [-0.15, -0.1) is 0 Å². The van der Waals surface area contributed by atoms with Crippen LogP contribution in [0.5, 0.6) is 0 Å². The van der Waals surface area contributed by atoms with Gasteiger partial charge in [-0.05, 0) is 11.6 Å². The number of hydrogen-bond donors (Lipinski definition) is 1. The maximum Gasteiger partial charge on any atom is 0.227 e. The predicted octanol–water partition coefficient (Wildman–Crippen LogP) is -0.665. The largest absolute Gasteiger partial charge is 0.391 e. The van der Waals surface area contributed by atoms with E-state index in [0.29, 0.717) is 0 Å². The Morgan fingerprint density at radius 2 is 2.18 bits per heavy atom. The molecule has 0 saturated carbocycles. The average Bonchev–Trinajstić information content (AvgIpc) is 2.80. The van der Waals surface area contributed by atoms with Crippen molar-refractivity contribution in [2.45, 2.75) is 12.5 Å². The smallest absolute Gasteiger partial charge is 0.227 e. The fourth-order valence-corrected chi connectivity index (χ4v) is 3.60. The van der Waals surface area contributed by atoms with Gasteiger partial charge in [0, 0.05) is 45.5 Å². The molecule has 0 spiro atoms. The Hall–Kier alpha value is -1.51. The lowest BCUT2D eigenvalue weighted by Crippen LogP contribution is -2.34. The first-order chi connectivity index (χ1) is 10.3. The van der Waals surface area contributed by atoms with E-state index in [1.165, 1.54) is 19.0 Å². The number of aromatic nitrogens is 1. The number of pyridine rings is 1. The fraction of sp³-hybridized carbons (Fsp3) is 0.571. The Morgan fingerprint density at radius 3 is 2.77 bits per heavy atom. The Bertz CT molecular complexity index is 618. The molecule has 1 aromatic heterocycles. The quantitative estimate of drug-likeness (QED) is 0.775. The summed E-state index contributed by atoms with van der Waals surface area (Å²) in [6.07, 6.45) is 2.65. The summed E-state index contributed by atoms with van der Waals surface area (Å²) in [5.41, 5.74) is 0.798. The lowest BCUT2D eigenvalue weighted by atomic mass is 10.1. The van der Waals surface area contributed by atoms with Crippen LogP contribution in [0, 0.1) is 5.92 Å². The zero-order chi connectivity index (χ0) is 16.3. The van der Waals surface area contributed by atoms with Crippen LogP contribution in [-0.4, -0.2) is 72.7 Å². The summed E-state index contributed by atoms with van der Waals surface area (Å²) in [5.74, 6) is -0.736. The monoisotopic (exact) mass is 327 g/mol. The Morgan fingerprint density at radius 1 is 1.45 bits per heavy atom. The molecule has 2 rings (SSSR count). The number of sulfonamides is 1. The van der Waals surface area contributed by atoms with Crippen molar-refractivity contribution in [3.8, 4) is 0 Å². The van der Waals surface area contributed by atoms with Gasteiger partial charge in [0.1, 0.15) is 0 Å². The van der Waals surface area contributed by atoms with Crippen molar-refractivity contribution < 1.29 is 18.3 Å². The minimum atomic E-state index is -3.40. The molecule has 1 aliphatic rings. The molecule has 7 nitrogen and oxygen atoms in total. The summed E-state index contributed by atoms with van der Waals surface area (Å²) >= 11 is 0. The highest BCUT2D eigenvalue weighted by molar-refractivity contribution is 7.89. The second-order valence-electron chi connectivity index (χ2n) is 5.73. The van der Waals surface area contributed by atoms with Gasteiger partial charge in [-0.25, -0.2) is 12.7 Å². The summed E-state index contributed by atoms with van der Waals surface area (Å²) < 4.78 is 24.9. The van der Waals surface area contributed by atoms with Crippen LogP contribution in [0.2, 0.25) is 0 Å². The van der Waals surface area contributed by atoms with Gasteiger partial charge in [0.25, 0.3) is 0 Å². The molecule has 1 fully saturated rings. The molecular formula is C14H21N3O4S. The first-order valence-corrected chi connectivity index (χ1v) is 8.65. The molecular weight excluding hydrogens is 306 g/mol. The molecule has 1 amide bonds. The number of aliphatic hydroxyl groups is 1. The molecule has 2 atom stereocenters. The second kappa shape index (κ2) is 6.72. The van der Waals surface area contributed by atoms with Crippen molar-refractivity contribution in [3.63, 3.8) is 0 Å². The molecule has 2 heterocycles. The normalized spacial score (nSPS) is 22.3. The van der Waals surface area contributed by atoms with Gasteiger partial charge in [-0.3, -0.25) is 9.78 Å². The van der Waals surface area contributed by atoms with E-state index in [1.54, 1.807) is 18.5 Å². The van der Waals surface area contributed by atoms with Gasteiger partial charge < -0.3 is 10.0 Å². The van der Waals surface area contributed by atoms with Crippen molar-refractivity contribution in [2.75, 3.05) is 32.9 Å². The number of hydrogen-bond acceptors (Lipinski definition) is 5. The van der Waals surface area contributed by atoms with Gasteiger partial charge in [0.15, 0.2) is 0 Å². The topological polar surface area (TPSA) is 90.8 Å². The molecule has 0 aliphatic carbocycles. The molecule has 1 saturated heterocycles. The van der Waals surface area contributed by atoms with E-state index in [4.69, 9.17) is 0 Å². The van der Waals surface area contributed by atoms with Crippen LogP contribution in [0.15, 0.2) is 24.5 Å². The van der Waals surface area contributed by atoms with Gasteiger partial charge in [0.05, 0.1) is 18.3 Å². The second-order valence-corrected chi connectivity index (χ2v) is 7.95. The summed E-state index contributed by atoms with van der Waals surface area (Å²) in [6, 6.07) is 3.57. The van der Waals surface area contributed by atoms with E-state index in [9.17, 15) is 18.3 Å². The van der Waals surface area contributed by atoms with Crippen molar-refractivity contribution in [3.05, 3.63) is 30.1 Å². The van der Waals surface area contributed by atoms with Gasteiger partial charge in [-0.1, -0.05) is 6.07 Å². The molecule has 1 aromatic rings. The van der Waals surface area contributed by atoms with Crippen molar-refractivity contribution in [2.24, 2.45) is 5.92 Å². The highest BCUT2D eigenvalue weighted by Crippen LogP contribution is 2.20. The number of rotatable bonds is 5. The van der Waals surface area contributed by atoms with Crippen LogP contribution in [0.25, 0.3) is 0 Å². The average molecular weight is 327 g/mol. The van der Waals surface area contributed by atoms with Crippen LogP contribution < -0.4 is 0 Å².